The fraction of sp³-hybridized carbons (Fsp3) is 0.500. The number of amides is 1. The monoisotopic (exact) mass is 412 g/mol. The standard InChI is InChI=1S/C22H28N4O4/c1-29-18-6-4-17(5-7-18)26-21(27)9-8-20(24-26)25-12-10-16(11-13-25)22(28)23-15-19-3-2-14-30-19/h4-9,16,19H,2-3,10-15H2,1H3,(H,23,28)/t19-/m1/s1. The lowest BCUT2D eigenvalue weighted by Gasteiger charge is -2.32. The van der Waals surface area contributed by atoms with Crippen LogP contribution in [0.2, 0.25) is 0 Å². The Morgan fingerprint density at radius 3 is 2.60 bits per heavy atom. The molecule has 2 aromatic rings. The zero-order valence-electron chi connectivity index (χ0n) is 17.3. The number of carbonyl (C=O) groups excluding carboxylic acids is 1. The lowest BCUT2D eigenvalue weighted by Crippen LogP contribution is -2.43. The predicted molar refractivity (Wildman–Crippen MR) is 113 cm³/mol. The molecule has 1 aromatic heterocycles. The molecule has 2 saturated heterocycles. The second kappa shape index (κ2) is 9.30. The molecule has 1 amide bonds. The number of nitrogens with zero attached hydrogens (tertiary/aromatic N) is 3. The van der Waals surface area contributed by atoms with E-state index < -0.39 is 0 Å². The lowest BCUT2D eigenvalue weighted by atomic mass is 9.96. The van der Waals surface area contributed by atoms with Crippen molar-refractivity contribution in [3.63, 3.8) is 0 Å². The van der Waals surface area contributed by atoms with Crippen molar-refractivity contribution in [2.75, 3.05) is 38.3 Å². The van der Waals surface area contributed by atoms with Gasteiger partial charge in [0.2, 0.25) is 5.91 Å². The molecule has 2 fully saturated rings. The van der Waals surface area contributed by atoms with Crippen LogP contribution in [0.5, 0.6) is 5.75 Å². The maximum atomic E-state index is 12.5. The molecule has 0 aliphatic carbocycles. The summed E-state index contributed by atoms with van der Waals surface area (Å²) < 4.78 is 12.1. The molecule has 2 aliphatic heterocycles. The van der Waals surface area contributed by atoms with Crippen molar-refractivity contribution in [2.24, 2.45) is 5.92 Å². The van der Waals surface area contributed by atoms with Crippen LogP contribution in [0.15, 0.2) is 41.2 Å². The molecule has 8 nitrogen and oxygen atoms in total. The van der Waals surface area contributed by atoms with Gasteiger partial charge in [-0.2, -0.15) is 4.68 Å². The van der Waals surface area contributed by atoms with Crippen LogP contribution in [-0.4, -0.2) is 55.1 Å². The number of rotatable bonds is 6. The Morgan fingerprint density at radius 1 is 1.17 bits per heavy atom. The molecule has 0 spiro atoms. The first-order valence-corrected chi connectivity index (χ1v) is 10.5. The average Bonchev–Trinajstić information content (AvgIpc) is 3.32. The molecule has 0 unspecified atom stereocenters. The Bertz CT molecular complexity index is 913. The normalized spacial score (nSPS) is 19.6. The Morgan fingerprint density at radius 2 is 1.93 bits per heavy atom. The highest BCUT2D eigenvalue weighted by Gasteiger charge is 2.27. The van der Waals surface area contributed by atoms with Gasteiger partial charge in [0.15, 0.2) is 0 Å². The topological polar surface area (TPSA) is 85.7 Å². The predicted octanol–water partition coefficient (Wildman–Crippen LogP) is 1.75. The minimum absolute atomic E-state index is 0.00939. The summed E-state index contributed by atoms with van der Waals surface area (Å²) >= 11 is 0. The molecule has 8 heteroatoms. The van der Waals surface area contributed by atoms with E-state index in [-0.39, 0.29) is 23.5 Å². The fourth-order valence-electron chi connectivity index (χ4n) is 4.01. The summed E-state index contributed by atoms with van der Waals surface area (Å²) in [6.07, 6.45) is 3.79. The van der Waals surface area contributed by atoms with Gasteiger partial charge in [-0.05, 0) is 56.0 Å². The van der Waals surface area contributed by atoms with Gasteiger partial charge < -0.3 is 19.7 Å². The van der Waals surface area contributed by atoms with Gasteiger partial charge in [0.1, 0.15) is 11.6 Å². The Kier molecular flexibility index (Phi) is 6.32. The van der Waals surface area contributed by atoms with E-state index in [0.29, 0.717) is 12.2 Å². The summed E-state index contributed by atoms with van der Waals surface area (Å²) in [5.74, 6) is 1.59. The molecule has 1 atom stereocenters. The van der Waals surface area contributed by atoms with Crippen LogP contribution in [0.4, 0.5) is 5.82 Å². The maximum Gasteiger partial charge on any atom is 0.271 e. The number of hydrogen-bond acceptors (Lipinski definition) is 6. The average molecular weight is 412 g/mol. The molecule has 1 N–H and O–H groups in total. The van der Waals surface area contributed by atoms with Crippen LogP contribution < -0.4 is 20.5 Å². The molecule has 0 radical (unpaired) electrons. The zero-order chi connectivity index (χ0) is 20.9. The molecule has 1 aromatic carbocycles. The second-order valence-corrected chi connectivity index (χ2v) is 7.78. The van der Waals surface area contributed by atoms with Crippen LogP contribution in [0.1, 0.15) is 25.7 Å². The molecule has 2 aliphatic rings. The first-order valence-electron chi connectivity index (χ1n) is 10.5. The summed E-state index contributed by atoms with van der Waals surface area (Å²) in [7, 11) is 1.60. The minimum atomic E-state index is -0.188. The summed E-state index contributed by atoms with van der Waals surface area (Å²) in [5, 5.41) is 7.59. The quantitative estimate of drug-likeness (QED) is 0.778. The van der Waals surface area contributed by atoms with Crippen molar-refractivity contribution < 1.29 is 14.3 Å². The Hall–Kier alpha value is -2.87. The van der Waals surface area contributed by atoms with Gasteiger partial charge in [-0.1, -0.05) is 0 Å². The van der Waals surface area contributed by atoms with Crippen LogP contribution in [-0.2, 0) is 9.53 Å². The number of carbonyl (C=O) groups is 1. The molecule has 3 heterocycles. The van der Waals surface area contributed by atoms with Gasteiger partial charge in [-0.25, -0.2) is 0 Å². The van der Waals surface area contributed by atoms with E-state index in [9.17, 15) is 9.59 Å². The largest absolute Gasteiger partial charge is 0.497 e. The summed E-state index contributed by atoms with van der Waals surface area (Å²) in [4.78, 5) is 26.9. The van der Waals surface area contributed by atoms with E-state index in [0.717, 1.165) is 56.9 Å². The van der Waals surface area contributed by atoms with Crippen LogP contribution in [0.25, 0.3) is 5.69 Å². The van der Waals surface area contributed by atoms with Crippen LogP contribution in [0.3, 0.4) is 0 Å². The van der Waals surface area contributed by atoms with E-state index >= 15 is 0 Å². The number of ether oxygens (including phenoxy) is 2. The second-order valence-electron chi connectivity index (χ2n) is 7.78. The van der Waals surface area contributed by atoms with E-state index in [2.05, 4.69) is 15.3 Å². The number of anilines is 1. The van der Waals surface area contributed by atoms with Crippen molar-refractivity contribution in [3.05, 3.63) is 46.8 Å². The van der Waals surface area contributed by atoms with Gasteiger partial charge >= 0.3 is 0 Å². The van der Waals surface area contributed by atoms with Crippen molar-refractivity contribution in [2.45, 2.75) is 31.8 Å². The Labute approximate surface area is 175 Å². The minimum Gasteiger partial charge on any atom is -0.497 e. The highest BCUT2D eigenvalue weighted by Crippen LogP contribution is 2.22. The molecular formula is C22H28N4O4. The number of aromatic nitrogens is 2. The molecule has 0 bridgehead atoms. The first kappa shape index (κ1) is 20.4. The third-order valence-electron chi connectivity index (χ3n) is 5.82. The van der Waals surface area contributed by atoms with Gasteiger partial charge in [0.05, 0.1) is 18.9 Å². The van der Waals surface area contributed by atoms with Crippen molar-refractivity contribution in [1.82, 2.24) is 15.1 Å². The van der Waals surface area contributed by atoms with Crippen molar-refractivity contribution in [1.29, 1.82) is 0 Å². The first-order chi connectivity index (χ1) is 14.6. The fourth-order valence-corrected chi connectivity index (χ4v) is 4.01. The van der Waals surface area contributed by atoms with E-state index in [1.165, 1.54) is 10.7 Å². The van der Waals surface area contributed by atoms with Gasteiger partial charge in [0.25, 0.3) is 5.56 Å². The number of hydrogen-bond donors (Lipinski definition) is 1. The van der Waals surface area contributed by atoms with Gasteiger partial charge in [-0.3, -0.25) is 9.59 Å². The highest BCUT2D eigenvalue weighted by molar-refractivity contribution is 5.79. The smallest absolute Gasteiger partial charge is 0.271 e. The SMILES string of the molecule is COc1ccc(-n2nc(N3CCC(C(=O)NC[C@H]4CCCO4)CC3)ccc2=O)cc1. The molecule has 0 saturated carbocycles. The van der Waals surface area contributed by atoms with Crippen molar-refractivity contribution >= 4 is 11.7 Å². The van der Waals surface area contributed by atoms with Crippen molar-refractivity contribution in [3.8, 4) is 11.4 Å². The van der Waals surface area contributed by atoms with E-state index in [1.807, 2.05) is 12.1 Å². The summed E-state index contributed by atoms with van der Waals surface area (Å²) in [5.41, 5.74) is 0.498. The number of benzene rings is 1. The zero-order valence-corrected chi connectivity index (χ0v) is 17.3. The third kappa shape index (κ3) is 4.64. The lowest BCUT2D eigenvalue weighted by molar-refractivity contribution is -0.126. The number of nitrogens with one attached hydrogen (secondary N) is 1. The molecule has 160 valence electrons. The number of methoxy groups -OCH3 is 1. The van der Waals surface area contributed by atoms with E-state index in [1.54, 1.807) is 25.3 Å². The van der Waals surface area contributed by atoms with Gasteiger partial charge in [-0.15, -0.1) is 5.10 Å². The summed E-state index contributed by atoms with van der Waals surface area (Å²) in [6.45, 7) is 2.86. The Balaban J connectivity index is 1.37. The van der Waals surface area contributed by atoms with Gasteiger partial charge in [0, 0.05) is 38.2 Å². The molecule has 4 rings (SSSR count). The maximum absolute atomic E-state index is 12.5. The third-order valence-corrected chi connectivity index (χ3v) is 5.82. The number of piperidine rings is 1. The van der Waals surface area contributed by atoms with Crippen LogP contribution >= 0.6 is 0 Å². The summed E-state index contributed by atoms with van der Waals surface area (Å²) in [6, 6.07) is 10.5. The highest BCUT2D eigenvalue weighted by atomic mass is 16.5. The van der Waals surface area contributed by atoms with E-state index in [4.69, 9.17) is 9.47 Å². The molecular weight excluding hydrogens is 384 g/mol. The molecule has 30 heavy (non-hydrogen) atoms. The van der Waals surface area contributed by atoms with Crippen LogP contribution in [0, 0.1) is 5.92 Å².